The summed E-state index contributed by atoms with van der Waals surface area (Å²) in [6.07, 6.45) is -0.810. The summed E-state index contributed by atoms with van der Waals surface area (Å²) in [5, 5.41) is 15.3. The first kappa shape index (κ1) is 31.3. The van der Waals surface area contributed by atoms with Crippen LogP contribution in [0.1, 0.15) is 48.5 Å². The smallest absolute Gasteiger partial charge is 0.315 e. The maximum Gasteiger partial charge on any atom is 0.315 e. The number of rotatable bonds is 10. The second kappa shape index (κ2) is 14.6. The van der Waals surface area contributed by atoms with Gasteiger partial charge >= 0.3 is 6.03 Å². The molecule has 0 radical (unpaired) electrons. The number of amides is 2. The maximum atomic E-state index is 12.0. The summed E-state index contributed by atoms with van der Waals surface area (Å²) in [7, 11) is 0. The number of nitrogens with one attached hydrogen (secondary N) is 2. The largest absolute Gasteiger partial charge is 0.392 e. The molecular weight excluding hydrogens is 603 g/mol. The number of aliphatic hydroxyl groups is 1. The summed E-state index contributed by atoms with van der Waals surface area (Å²) < 4.78 is 15.6. The monoisotopic (exact) mass is 639 g/mol. The van der Waals surface area contributed by atoms with E-state index in [-0.39, 0.29) is 30.8 Å². The number of thiazole rings is 1. The van der Waals surface area contributed by atoms with E-state index >= 15 is 0 Å². The van der Waals surface area contributed by atoms with E-state index in [4.69, 9.17) is 14.5 Å². The summed E-state index contributed by atoms with van der Waals surface area (Å²) in [6, 6.07) is 32.4. The van der Waals surface area contributed by atoms with Gasteiger partial charge < -0.3 is 25.2 Å². The number of aromatic nitrogens is 1. The van der Waals surface area contributed by atoms with Crippen LogP contribution < -0.4 is 10.6 Å². The second-order valence-electron chi connectivity index (χ2n) is 11.1. The fourth-order valence-corrected chi connectivity index (χ4v) is 7.81. The van der Waals surface area contributed by atoms with Crippen LogP contribution in [0.4, 0.5) is 4.79 Å². The Morgan fingerprint density at radius 2 is 1.64 bits per heavy atom. The molecule has 1 fully saturated rings. The number of nitrogens with zero attached hydrogens (tertiary/aromatic N) is 1. The van der Waals surface area contributed by atoms with Gasteiger partial charge in [-0.15, -0.1) is 11.3 Å². The van der Waals surface area contributed by atoms with Crippen molar-refractivity contribution in [3.05, 3.63) is 119 Å². The molecule has 1 aliphatic heterocycles. The number of carbonyl (C=O) groups excluding carboxylic acids is 1. The molecule has 0 saturated carbocycles. The Hall–Kier alpha value is -3.73. The Morgan fingerprint density at radius 1 is 0.911 bits per heavy atom. The fourth-order valence-electron chi connectivity index (χ4n) is 5.55. The standard InChI is InChI=1S/C36H37N3O4S2/c1-3-37-35(41)38-20-28-8-4-5-9-29(28)25-16-18-27(19-17-25)34-42-31(22-44-36-39-30-10-6-7-11-32(30)45-36)23(2)33(43-34)26-14-12-24(21-40)13-15-26/h4-19,23,31,33-34,40H,3,20-22H2,1-2H3,(H2,37,38,41)/t23-,31+,33+,34+/m1/s1. The Bertz CT molecular complexity index is 1690. The first-order valence-corrected chi connectivity index (χ1v) is 17.0. The van der Waals surface area contributed by atoms with Gasteiger partial charge in [-0.25, -0.2) is 9.78 Å². The molecule has 232 valence electrons. The van der Waals surface area contributed by atoms with E-state index < -0.39 is 6.29 Å². The number of aliphatic hydroxyl groups excluding tert-OH is 1. The van der Waals surface area contributed by atoms with Crippen LogP contribution in [-0.2, 0) is 22.6 Å². The van der Waals surface area contributed by atoms with Gasteiger partial charge in [0.15, 0.2) is 10.6 Å². The molecule has 4 atom stereocenters. The summed E-state index contributed by atoms with van der Waals surface area (Å²) >= 11 is 3.44. The van der Waals surface area contributed by atoms with E-state index in [2.05, 4.69) is 54.0 Å². The number of hydrogen-bond donors (Lipinski definition) is 3. The number of fused-ring (bicyclic) bond motifs is 1. The quantitative estimate of drug-likeness (QED) is 0.135. The van der Waals surface area contributed by atoms with Crippen molar-refractivity contribution in [1.29, 1.82) is 0 Å². The van der Waals surface area contributed by atoms with Gasteiger partial charge in [-0.1, -0.05) is 104 Å². The van der Waals surface area contributed by atoms with Gasteiger partial charge in [-0.3, -0.25) is 0 Å². The molecule has 0 bridgehead atoms. The van der Waals surface area contributed by atoms with E-state index in [0.717, 1.165) is 49.0 Å². The van der Waals surface area contributed by atoms with Crippen LogP contribution in [0.3, 0.4) is 0 Å². The lowest BCUT2D eigenvalue weighted by molar-refractivity contribution is -0.268. The zero-order valence-electron chi connectivity index (χ0n) is 25.3. The van der Waals surface area contributed by atoms with Gasteiger partial charge in [0.05, 0.1) is 29.0 Å². The highest BCUT2D eigenvalue weighted by molar-refractivity contribution is 8.01. The van der Waals surface area contributed by atoms with E-state index in [1.165, 1.54) is 4.70 Å². The van der Waals surface area contributed by atoms with E-state index in [1.807, 2.05) is 67.6 Å². The second-order valence-corrected chi connectivity index (χ2v) is 13.4. The van der Waals surface area contributed by atoms with Crippen molar-refractivity contribution < 1.29 is 19.4 Å². The molecule has 3 N–H and O–H groups in total. The molecule has 1 saturated heterocycles. The highest BCUT2D eigenvalue weighted by Crippen LogP contribution is 2.44. The number of hydrogen-bond acceptors (Lipinski definition) is 7. The van der Waals surface area contributed by atoms with Crippen LogP contribution in [0.2, 0.25) is 0 Å². The van der Waals surface area contributed by atoms with Crippen molar-refractivity contribution in [2.45, 2.75) is 49.8 Å². The molecule has 6 rings (SSSR count). The summed E-state index contributed by atoms with van der Waals surface area (Å²) in [4.78, 5) is 16.8. The fraction of sp³-hybridized carbons (Fsp3) is 0.278. The van der Waals surface area contributed by atoms with E-state index in [1.54, 1.807) is 23.1 Å². The molecule has 0 spiro atoms. The lowest BCUT2D eigenvalue weighted by Gasteiger charge is -2.41. The van der Waals surface area contributed by atoms with Crippen molar-refractivity contribution in [2.24, 2.45) is 5.92 Å². The Kier molecular flexibility index (Phi) is 10.1. The molecule has 45 heavy (non-hydrogen) atoms. The van der Waals surface area contributed by atoms with E-state index in [9.17, 15) is 9.90 Å². The summed E-state index contributed by atoms with van der Waals surface area (Å²) in [5.41, 5.74) is 7.04. The predicted molar refractivity (Wildman–Crippen MR) is 181 cm³/mol. The van der Waals surface area contributed by atoms with Gasteiger partial charge in [-0.2, -0.15) is 0 Å². The maximum absolute atomic E-state index is 12.0. The molecule has 1 aliphatic rings. The third kappa shape index (κ3) is 7.40. The van der Waals surface area contributed by atoms with Crippen molar-refractivity contribution in [3.8, 4) is 11.1 Å². The minimum Gasteiger partial charge on any atom is -0.392 e. The van der Waals surface area contributed by atoms with Crippen LogP contribution in [0.15, 0.2) is 101 Å². The molecule has 0 unspecified atom stereocenters. The van der Waals surface area contributed by atoms with E-state index in [0.29, 0.717) is 13.1 Å². The highest BCUT2D eigenvalue weighted by atomic mass is 32.2. The van der Waals surface area contributed by atoms with Crippen molar-refractivity contribution in [2.75, 3.05) is 12.3 Å². The van der Waals surface area contributed by atoms with Gasteiger partial charge in [0.2, 0.25) is 0 Å². The van der Waals surface area contributed by atoms with Gasteiger partial charge in [0, 0.05) is 30.3 Å². The SMILES string of the molecule is CCNC(=O)NCc1ccccc1-c1ccc([C@H]2O[C@@H](CSc3nc4ccccc4s3)[C@@H](C)[C@@H](c3ccc(CO)cc3)O2)cc1. The number of carbonyl (C=O) groups is 1. The average molecular weight is 640 g/mol. The zero-order chi connectivity index (χ0) is 31.2. The third-order valence-electron chi connectivity index (χ3n) is 8.06. The van der Waals surface area contributed by atoms with Crippen molar-refractivity contribution >= 4 is 39.3 Å². The van der Waals surface area contributed by atoms with Gasteiger partial charge in [0.25, 0.3) is 0 Å². The minimum absolute atomic E-state index is 0.00595. The summed E-state index contributed by atoms with van der Waals surface area (Å²) in [6.45, 7) is 5.09. The normalized spacial score (nSPS) is 19.8. The topological polar surface area (TPSA) is 92.7 Å². The number of para-hydroxylation sites is 1. The van der Waals surface area contributed by atoms with Crippen LogP contribution >= 0.6 is 23.1 Å². The van der Waals surface area contributed by atoms with Crippen LogP contribution in [0, 0.1) is 5.92 Å². The molecule has 7 nitrogen and oxygen atoms in total. The predicted octanol–water partition coefficient (Wildman–Crippen LogP) is 7.86. The number of benzene rings is 4. The summed E-state index contributed by atoms with van der Waals surface area (Å²) in [5.74, 6) is 0.836. The number of urea groups is 1. The van der Waals surface area contributed by atoms with Crippen molar-refractivity contribution in [1.82, 2.24) is 15.6 Å². The average Bonchev–Trinajstić information content (AvgIpc) is 3.50. The molecule has 2 amide bonds. The van der Waals surface area contributed by atoms with Crippen molar-refractivity contribution in [3.63, 3.8) is 0 Å². The zero-order valence-corrected chi connectivity index (χ0v) is 26.9. The minimum atomic E-state index is -0.548. The Labute approximate surface area is 272 Å². The van der Waals surface area contributed by atoms with Gasteiger partial charge in [-0.05, 0) is 46.9 Å². The molecule has 1 aromatic heterocycles. The molecule has 4 aromatic carbocycles. The first-order valence-electron chi connectivity index (χ1n) is 15.2. The van der Waals surface area contributed by atoms with Crippen LogP contribution in [0.5, 0.6) is 0 Å². The lowest BCUT2D eigenvalue weighted by atomic mass is 9.91. The number of ether oxygens (including phenoxy) is 2. The number of thioether (sulfide) groups is 1. The van der Waals surface area contributed by atoms with Crippen LogP contribution in [-0.4, -0.2) is 34.5 Å². The van der Waals surface area contributed by atoms with Gasteiger partial charge in [0.1, 0.15) is 0 Å². The first-order chi connectivity index (χ1) is 22.0. The molecule has 2 heterocycles. The molecular formula is C36H37N3O4S2. The Balaban J connectivity index is 1.23. The Morgan fingerprint density at radius 3 is 2.40 bits per heavy atom. The molecule has 9 heteroatoms. The highest BCUT2D eigenvalue weighted by Gasteiger charge is 2.38. The lowest BCUT2D eigenvalue weighted by Crippen LogP contribution is -2.38. The molecule has 5 aromatic rings. The van der Waals surface area contributed by atoms with Crippen LogP contribution in [0.25, 0.3) is 21.3 Å². The third-order valence-corrected chi connectivity index (χ3v) is 10.3. The molecule has 0 aliphatic carbocycles.